The van der Waals surface area contributed by atoms with Gasteiger partial charge in [-0.05, 0) is 37.3 Å². The van der Waals surface area contributed by atoms with Crippen molar-refractivity contribution in [2.24, 2.45) is 0 Å². The zero-order chi connectivity index (χ0) is 24.0. The molecule has 0 saturated carbocycles. The molecule has 1 unspecified atom stereocenters. The van der Waals surface area contributed by atoms with Gasteiger partial charge in [-0.1, -0.05) is 24.3 Å². The van der Waals surface area contributed by atoms with Gasteiger partial charge in [0, 0.05) is 16.6 Å². The summed E-state index contributed by atoms with van der Waals surface area (Å²) in [6, 6.07) is 15.4. The minimum Gasteiger partial charge on any atom is -0.484 e. The third kappa shape index (κ3) is 6.48. The van der Waals surface area contributed by atoms with E-state index >= 15 is 0 Å². The maximum atomic E-state index is 13.8. The van der Waals surface area contributed by atoms with E-state index in [-0.39, 0.29) is 12.7 Å². The molecule has 1 atom stereocenters. The zero-order valence-corrected chi connectivity index (χ0v) is 18.0. The van der Waals surface area contributed by atoms with Gasteiger partial charge in [0.05, 0.1) is 5.25 Å². The summed E-state index contributed by atoms with van der Waals surface area (Å²) in [6.07, 6.45) is 0. The van der Waals surface area contributed by atoms with Crippen molar-refractivity contribution >= 4 is 35.0 Å². The third-order valence-electron chi connectivity index (χ3n) is 4.27. The number of carbonyl (C=O) groups is 2. The first-order chi connectivity index (χ1) is 15.7. The normalized spacial score (nSPS) is 11.5. The van der Waals surface area contributed by atoms with Crippen molar-refractivity contribution in [2.45, 2.75) is 17.1 Å². The number of nitrogens with one attached hydrogen (secondary N) is 2. The van der Waals surface area contributed by atoms with Crippen molar-refractivity contribution in [3.05, 3.63) is 83.9 Å². The molecule has 33 heavy (non-hydrogen) atoms. The number of para-hydroxylation sites is 1. The van der Waals surface area contributed by atoms with E-state index in [4.69, 9.17) is 4.74 Å². The fourth-order valence-corrected chi connectivity index (χ4v) is 3.60. The van der Waals surface area contributed by atoms with Crippen LogP contribution in [-0.4, -0.2) is 23.7 Å². The third-order valence-corrected chi connectivity index (χ3v) is 5.37. The van der Waals surface area contributed by atoms with Crippen molar-refractivity contribution in [3.63, 3.8) is 0 Å². The molecular weight excluding hydrogens is 460 g/mol. The van der Waals surface area contributed by atoms with Crippen molar-refractivity contribution < 1.29 is 31.9 Å². The van der Waals surface area contributed by atoms with Gasteiger partial charge in [0.15, 0.2) is 29.9 Å². The molecule has 10 heteroatoms. The first-order valence-electron chi connectivity index (χ1n) is 9.63. The maximum absolute atomic E-state index is 13.8. The number of hydrogen-bond acceptors (Lipinski definition) is 4. The summed E-state index contributed by atoms with van der Waals surface area (Å²) in [7, 11) is 0. The van der Waals surface area contributed by atoms with Crippen LogP contribution in [0.1, 0.15) is 6.92 Å². The Kier molecular flexibility index (Phi) is 7.94. The molecule has 0 fully saturated rings. The van der Waals surface area contributed by atoms with Crippen LogP contribution in [0, 0.1) is 23.3 Å². The Morgan fingerprint density at radius 1 is 0.909 bits per heavy atom. The van der Waals surface area contributed by atoms with Crippen LogP contribution in [0.25, 0.3) is 0 Å². The largest absolute Gasteiger partial charge is 0.484 e. The van der Waals surface area contributed by atoms with Crippen LogP contribution in [0.3, 0.4) is 0 Å². The maximum Gasteiger partial charge on any atom is 0.262 e. The SMILES string of the molecule is CC(Sc1cccc(NC(=O)COc2ccccc2)c1)C(=O)Nc1c(F)c(F)cc(F)c1F. The highest BCUT2D eigenvalue weighted by molar-refractivity contribution is 8.00. The number of ether oxygens (including phenoxy) is 1. The minimum atomic E-state index is -1.69. The summed E-state index contributed by atoms with van der Waals surface area (Å²) in [5.41, 5.74) is -0.747. The molecule has 0 spiro atoms. The van der Waals surface area contributed by atoms with E-state index in [2.05, 4.69) is 5.32 Å². The molecule has 3 aromatic carbocycles. The molecule has 0 heterocycles. The Hall–Kier alpha value is -3.53. The van der Waals surface area contributed by atoms with Gasteiger partial charge in [-0.15, -0.1) is 11.8 Å². The highest BCUT2D eigenvalue weighted by Gasteiger charge is 2.23. The van der Waals surface area contributed by atoms with Gasteiger partial charge in [0.2, 0.25) is 5.91 Å². The molecule has 0 aromatic heterocycles. The van der Waals surface area contributed by atoms with Crippen molar-refractivity contribution in [3.8, 4) is 5.75 Å². The predicted molar refractivity (Wildman–Crippen MR) is 117 cm³/mol. The number of carbonyl (C=O) groups excluding carboxylic acids is 2. The molecule has 172 valence electrons. The Morgan fingerprint density at radius 3 is 2.24 bits per heavy atom. The fraction of sp³-hybridized carbons (Fsp3) is 0.130. The van der Waals surface area contributed by atoms with Crippen LogP contribution >= 0.6 is 11.8 Å². The molecule has 2 amide bonds. The molecular formula is C23H18F4N2O3S. The van der Waals surface area contributed by atoms with Crippen LogP contribution in [0.4, 0.5) is 28.9 Å². The number of halogens is 4. The molecule has 0 aliphatic rings. The standard InChI is InChI=1S/C23H18F4N2O3S/c1-13(23(31)29-22-20(26)17(24)11-18(25)21(22)27)33-16-9-5-6-14(10-16)28-19(30)12-32-15-7-3-2-4-8-15/h2-11,13H,12H2,1H3,(H,28,30)(H,29,31). The highest BCUT2D eigenvalue weighted by Crippen LogP contribution is 2.29. The van der Waals surface area contributed by atoms with Gasteiger partial charge in [-0.25, -0.2) is 17.6 Å². The molecule has 0 aliphatic heterocycles. The van der Waals surface area contributed by atoms with Crippen LogP contribution in [0.15, 0.2) is 65.6 Å². The lowest BCUT2D eigenvalue weighted by molar-refractivity contribution is -0.118. The molecule has 3 rings (SSSR count). The Bertz CT molecular complexity index is 1140. The number of hydrogen-bond donors (Lipinski definition) is 2. The van der Waals surface area contributed by atoms with E-state index < -0.39 is 46.0 Å². The second-order valence-corrected chi connectivity index (χ2v) is 8.18. The first kappa shape index (κ1) is 24.1. The summed E-state index contributed by atoms with van der Waals surface area (Å²) in [4.78, 5) is 25.0. The number of anilines is 2. The quantitative estimate of drug-likeness (QED) is 0.259. The molecule has 0 radical (unpaired) electrons. The molecule has 0 saturated heterocycles. The molecule has 0 aliphatic carbocycles. The minimum absolute atomic E-state index is 0.0587. The predicted octanol–water partition coefficient (Wildman–Crippen LogP) is 5.38. The van der Waals surface area contributed by atoms with Gasteiger partial charge in [0.1, 0.15) is 11.4 Å². The van der Waals surface area contributed by atoms with Gasteiger partial charge < -0.3 is 15.4 Å². The first-order valence-corrected chi connectivity index (χ1v) is 10.5. The average molecular weight is 478 g/mol. The summed E-state index contributed by atoms with van der Waals surface area (Å²) in [5, 5.41) is 3.66. The lowest BCUT2D eigenvalue weighted by Gasteiger charge is -2.14. The van der Waals surface area contributed by atoms with Gasteiger partial charge in [0.25, 0.3) is 5.91 Å². The fourth-order valence-electron chi connectivity index (χ4n) is 2.68. The summed E-state index contributed by atoms with van der Waals surface area (Å²) in [5.74, 6) is -7.35. The van der Waals surface area contributed by atoms with Gasteiger partial charge in [-0.2, -0.15) is 0 Å². The van der Waals surface area contributed by atoms with Crippen LogP contribution in [-0.2, 0) is 9.59 Å². The van der Waals surface area contributed by atoms with E-state index in [9.17, 15) is 27.2 Å². The van der Waals surface area contributed by atoms with Crippen molar-refractivity contribution in [1.82, 2.24) is 0 Å². The van der Waals surface area contributed by atoms with Crippen molar-refractivity contribution in [2.75, 3.05) is 17.2 Å². The second-order valence-electron chi connectivity index (χ2n) is 6.77. The average Bonchev–Trinajstić information content (AvgIpc) is 2.80. The zero-order valence-electron chi connectivity index (χ0n) is 17.2. The summed E-state index contributed by atoms with van der Waals surface area (Å²) >= 11 is 1.02. The molecule has 5 nitrogen and oxygen atoms in total. The van der Waals surface area contributed by atoms with Crippen molar-refractivity contribution in [1.29, 1.82) is 0 Å². The smallest absolute Gasteiger partial charge is 0.262 e. The van der Waals surface area contributed by atoms with E-state index in [0.717, 1.165) is 11.8 Å². The Morgan fingerprint density at radius 2 is 1.58 bits per heavy atom. The number of thioether (sulfide) groups is 1. The Balaban J connectivity index is 1.59. The summed E-state index contributed by atoms with van der Waals surface area (Å²) < 4.78 is 59.6. The number of benzene rings is 3. The number of amides is 2. The lowest BCUT2D eigenvalue weighted by Crippen LogP contribution is -2.24. The van der Waals surface area contributed by atoms with Gasteiger partial charge >= 0.3 is 0 Å². The lowest BCUT2D eigenvalue weighted by atomic mass is 10.2. The summed E-state index contributed by atoms with van der Waals surface area (Å²) in [6.45, 7) is 1.24. The number of rotatable bonds is 8. The molecule has 3 aromatic rings. The van der Waals surface area contributed by atoms with Crippen LogP contribution < -0.4 is 15.4 Å². The highest BCUT2D eigenvalue weighted by atomic mass is 32.2. The molecule has 2 N–H and O–H groups in total. The van der Waals surface area contributed by atoms with Gasteiger partial charge in [-0.3, -0.25) is 9.59 Å². The van der Waals surface area contributed by atoms with Crippen LogP contribution in [0.2, 0.25) is 0 Å². The van der Waals surface area contributed by atoms with Crippen LogP contribution in [0.5, 0.6) is 5.75 Å². The Labute approximate surface area is 191 Å². The van der Waals surface area contributed by atoms with E-state index in [1.54, 1.807) is 48.5 Å². The topological polar surface area (TPSA) is 67.4 Å². The monoisotopic (exact) mass is 478 g/mol. The van der Waals surface area contributed by atoms with E-state index in [0.29, 0.717) is 16.3 Å². The second kappa shape index (κ2) is 10.9. The molecule has 0 bridgehead atoms. The van der Waals surface area contributed by atoms with E-state index in [1.165, 1.54) is 6.92 Å². The van der Waals surface area contributed by atoms with E-state index in [1.807, 2.05) is 11.4 Å².